The van der Waals surface area contributed by atoms with E-state index in [-0.39, 0.29) is 0 Å². The lowest BCUT2D eigenvalue weighted by Crippen LogP contribution is -2.10. The minimum Gasteiger partial charge on any atom is -0.397 e. The number of aromatic nitrogens is 1. The summed E-state index contributed by atoms with van der Waals surface area (Å²) < 4.78 is 0. The number of hydrogen-bond acceptors (Lipinski definition) is 4. The molecule has 122 valence electrons. The van der Waals surface area contributed by atoms with Gasteiger partial charge in [0, 0.05) is 37.1 Å². The Balaban J connectivity index is 2.13. The van der Waals surface area contributed by atoms with Gasteiger partial charge in [-0.3, -0.25) is 4.98 Å². The minimum atomic E-state index is 0.585. The second-order valence-electron chi connectivity index (χ2n) is 6.14. The number of benzene rings is 2. The van der Waals surface area contributed by atoms with E-state index in [0.717, 1.165) is 22.4 Å². The van der Waals surface area contributed by atoms with Gasteiger partial charge in [0.25, 0.3) is 0 Å². The number of aryl methyl sites for hydroxylation is 1. The number of hydrogen-bond donors (Lipinski definition) is 2. The van der Waals surface area contributed by atoms with E-state index in [1.54, 1.807) is 0 Å². The smallest absolute Gasteiger partial charge is 0.0780 e. The van der Waals surface area contributed by atoms with Gasteiger partial charge in [0.05, 0.1) is 17.1 Å². The van der Waals surface area contributed by atoms with Gasteiger partial charge >= 0.3 is 0 Å². The molecule has 4 N–H and O–H groups in total. The summed E-state index contributed by atoms with van der Waals surface area (Å²) in [7, 11) is 4.09. The molecule has 3 aromatic rings. The van der Waals surface area contributed by atoms with Crippen molar-refractivity contribution < 1.29 is 0 Å². The maximum absolute atomic E-state index is 5.97. The molecule has 0 aliphatic rings. The van der Waals surface area contributed by atoms with E-state index in [0.29, 0.717) is 11.4 Å². The summed E-state index contributed by atoms with van der Waals surface area (Å²) in [6.07, 6.45) is 1.81. The first-order valence-corrected chi connectivity index (χ1v) is 7.86. The van der Waals surface area contributed by atoms with Gasteiger partial charge in [0.1, 0.15) is 0 Å². The van der Waals surface area contributed by atoms with E-state index >= 15 is 0 Å². The van der Waals surface area contributed by atoms with Gasteiger partial charge in [-0.05, 0) is 48.4 Å². The summed E-state index contributed by atoms with van der Waals surface area (Å²) in [5.74, 6) is 0. The van der Waals surface area contributed by atoms with E-state index < -0.39 is 0 Å². The standard InChI is InChI=1S/C20H22N4/c1-13-11-15(7-9-19(13)24(2)3)20-16(5-4-10-23-20)14-6-8-17(21)18(22)12-14/h4-12H,21-22H2,1-3H3. The van der Waals surface area contributed by atoms with E-state index in [2.05, 4.69) is 41.1 Å². The Hall–Kier alpha value is -3.01. The van der Waals surface area contributed by atoms with Crippen LogP contribution < -0.4 is 16.4 Å². The third-order valence-electron chi connectivity index (χ3n) is 4.16. The van der Waals surface area contributed by atoms with Gasteiger partial charge in [-0.2, -0.15) is 0 Å². The molecule has 0 bridgehead atoms. The fraction of sp³-hybridized carbons (Fsp3) is 0.150. The van der Waals surface area contributed by atoms with Gasteiger partial charge in [0.15, 0.2) is 0 Å². The van der Waals surface area contributed by atoms with Crippen molar-refractivity contribution in [3.63, 3.8) is 0 Å². The van der Waals surface area contributed by atoms with Crippen molar-refractivity contribution in [3.8, 4) is 22.4 Å². The van der Waals surface area contributed by atoms with Gasteiger partial charge in [-0.25, -0.2) is 0 Å². The van der Waals surface area contributed by atoms with Crippen molar-refractivity contribution in [2.24, 2.45) is 0 Å². The number of nitrogens with zero attached hydrogens (tertiary/aromatic N) is 2. The highest BCUT2D eigenvalue weighted by Crippen LogP contribution is 2.34. The normalized spacial score (nSPS) is 10.6. The molecule has 0 spiro atoms. The Morgan fingerprint density at radius 3 is 2.29 bits per heavy atom. The Labute approximate surface area is 142 Å². The number of nitrogen functional groups attached to an aromatic ring is 2. The lowest BCUT2D eigenvalue weighted by atomic mass is 9.97. The van der Waals surface area contributed by atoms with Crippen LogP contribution in [0.3, 0.4) is 0 Å². The average molecular weight is 318 g/mol. The lowest BCUT2D eigenvalue weighted by molar-refractivity contribution is 1.11. The van der Waals surface area contributed by atoms with Crippen LogP contribution in [0, 0.1) is 6.92 Å². The number of rotatable bonds is 3. The number of anilines is 3. The molecule has 0 amide bonds. The van der Waals surface area contributed by atoms with Crippen molar-refractivity contribution >= 4 is 17.1 Å². The van der Waals surface area contributed by atoms with E-state index in [9.17, 15) is 0 Å². The Morgan fingerprint density at radius 2 is 1.62 bits per heavy atom. The molecule has 2 aromatic carbocycles. The Bertz CT molecular complexity index is 885. The highest BCUT2D eigenvalue weighted by molar-refractivity contribution is 5.84. The van der Waals surface area contributed by atoms with Crippen LogP contribution in [0.4, 0.5) is 17.1 Å². The monoisotopic (exact) mass is 318 g/mol. The van der Waals surface area contributed by atoms with Crippen molar-refractivity contribution in [2.75, 3.05) is 30.5 Å². The summed E-state index contributed by atoms with van der Waals surface area (Å²) in [5.41, 5.74) is 19.5. The molecule has 0 unspecified atom stereocenters. The second kappa shape index (κ2) is 6.24. The van der Waals surface area contributed by atoms with Gasteiger partial charge < -0.3 is 16.4 Å². The lowest BCUT2D eigenvalue weighted by Gasteiger charge is -2.17. The van der Waals surface area contributed by atoms with Crippen LogP contribution in [0.2, 0.25) is 0 Å². The highest BCUT2D eigenvalue weighted by atomic mass is 15.1. The summed E-state index contributed by atoms with van der Waals surface area (Å²) in [6.45, 7) is 2.11. The number of nitrogens with two attached hydrogens (primary N) is 2. The van der Waals surface area contributed by atoms with Crippen molar-refractivity contribution in [1.29, 1.82) is 0 Å². The first-order chi connectivity index (χ1) is 11.5. The Morgan fingerprint density at radius 1 is 0.875 bits per heavy atom. The molecule has 4 nitrogen and oxygen atoms in total. The molecule has 4 heteroatoms. The van der Waals surface area contributed by atoms with Crippen LogP contribution in [0.25, 0.3) is 22.4 Å². The van der Waals surface area contributed by atoms with E-state index in [1.165, 1.54) is 11.3 Å². The largest absolute Gasteiger partial charge is 0.397 e. The van der Waals surface area contributed by atoms with Crippen LogP contribution in [0.1, 0.15) is 5.56 Å². The molecule has 0 saturated carbocycles. The molecule has 0 atom stereocenters. The van der Waals surface area contributed by atoms with Crippen LogP contribution >= 0.6 is 0 Å². The predicted octanol–water partition coefficient (Wildman–Crippen LogP) is 3.95. The summed E-state index contributed by atoms with van der Waals surface area (Å²) >= 11 is 0. The molecular weight excluding hydrogens is 296 g/mol. The fourth-order valence-electron chi connectivity index (χ4n) is 2.92. The maximum atomic E-state index is 5.97. The molecule has 0 radical (unpaired) electrons. The van der Waals surface area contributed by atoms with Crippen molar-refractivity contribution in [1.82, 2.24) is 4.98 Å². The summed E-state index contributed by atoms with van der Waals surface area (Å²) in [5, 5.41) is 0. The van der Waals surface area contributed by atoms with Crippen LogP contribution in [0.15, 0.2) is 54.7 Å². The first kappa shape index (κ1) is 15.9. The Kier molecular flexibility index (Phi) is 4.13. The van der Waals surface area contributed by atoms with Crippen LogP contribution in [-0.2, 0) is 0 Å². The molecule has 24 heavy (non-hydrogen) atoms. The molecule has 0 aliphatic carbocycles. The molecule has 0 saturated heterocycles. The zero-order valence-corrected chi connectivity index (χ0v) is 14.2. The minimum absolute atomic E-state index is 0.585. The molecule has 3 rings (SSSR count). The molecule has 0 aliphatic heterocycles. The SMILES string of the molecule is Cc1cc(-c2ncccc2-c2ccc(N)c(N)c2)ccc1N(C)C. The van der Waals surface area contributed by atoms with Crippen molar-refractivity contribution in [2.45, 2.75) is 6.92 Å². The maximum Gasteiger partial charge on any atom is 0.0780 e. The third-order valence-corrected chi connectivity index (χ3v) is 4.16. The van der Waals surface area contributed by atoms with Gasteiger partial charge in [-0.15, -0.1) is 0 Å². The highest BCUT2D eigenvalue weighted by Gasteiger charge is 2.11. The van der Waals surface area contributed by atoms with E-state index in [1.807, 2.05) is 44.6 Å². The number of pyridine rings is 1. The zero-order chi connectivity index (χ0) is 17.3. The quantitative estimate of drug-likeness (QED) is 0.717. The first-order valence-electron chi connectivity index (χ1n) is 7.86. The average Bonchev–Trinajstić information content (AvgIpc) is 2.57. The van der Waals surface area contributed by atoms with Crippen molar-refractivity contribution in [3.05, 3.63) is 60.3 Å². The molecular formula is C20H22N4. The second-order valence-corrected chi connectivity index (χ2v) is 6.14. The zero-order valence-electron chi connectivity index (χ0n) is 14.2. The summed E-state index contributed by atoms with van der Waals surface area (Å²) in [6, 6.07) is 16.1. The van der Waals surface area contributed by atoms with Crippen LogP contribution in [-0.4, -0.2) is 19.1 Å². The van der Waals surface area contributed by atoms with Gasteiger partial charge in [-0.1, -0.05) is 18.2 Å². The molecule has 1 aromatic heterocycles. The predicted molar refractivity (Wildman–Crippen MR) is 103 cm³/mol. The molecule has 0 fully saturated rings. The van der Waals surface area contributed by atoms with Crippen LogP contribution in [0.5, 0.6) is 0 Å². The summed E-state index contributed by atoms with van der Waals surface area (Å²) in [4.78, 5) is 6.72. The molecule has 1 heterocycles. The topological polar surface area (TPSA) is 68.2 Å². The van der Waals surface area contributed by atoms with Gasteiger partial charge in [0.2, 0.25) is 0 Å². The fourth-order valence-corrected chi connectivity index (χ4v) is 2.92. The third kappa shape index (κ3) is 2.91. The van der Waals surface area contributed by atoms with E-state index in [4.69, 9.17) is 11.5 Å².